The Morgan fingerprint density at radius 1 is 0.923 bits per heavy atom. The molecule has 0 spiro atoms. The van der Waals surface area contributed by atoms with Crippen LogP contribution in [0.15, 0.2) is 83.2 Å². The van der Waals surface area contributed by atoms with E-state index in [1.807, 2.05) is 84.3 Å². The highest BCUT2D eigenvalue weighted by Crippen LogP contribution is 2.33. The molecule has 0 aliphatic carbocycles. The van der Waals surface area contributed by atoms with Gasteiger partial charge in [-0.15, -0.1) is 10.2 Å². The number of aryl methyl sites for hydroxylation is 1. The maximum Gasteiger partial charge on any atom is 0.187 e. The van der Waals surface area contributed by atoms with Gasteiger partial charge in [-0.3, -0.25) is 4.40 Å². The summed E-state index contributed by atoms with van der Waals surface area (Å²) in [4.78, 5) is 4.74. The highest BCUT2D eigenvalue weighted by Gasteiger charge is 2.14. The summed E-state index contributed by atoms with van der Waals surface area (Å²) >= 11 is 0. The second-order valence-electron chi connectivity index (χ2n) is 5.98. The van der Waals surface area contributed by atoms with Crippen molar-refractivity contribution >= 4 is 17.2 Å². The van der Waals surface area contributed by atoms with Crippen molar-refractivity contribution in [3.8, 4) is 17.0 Å². The number of imidazole rings is 1. The Bertz CT molecular complexity index is 1100. The van der Waals surface area contributed by atoms with Gasteiger partial charge in [-0.25, -0.2) is 4.98 Å². The Morgan fingerprint density at radius 2 is 1.81 bits per heavy atom. The minimum atomic E-state index is 0.690. The van der Waals surface area contributed by atoms with Crippen molar-refractivity contribution in [2.24, 2.45) is 10.2 Å². The molecule has 0 fully saturated rings. The van der Waals surface area contributed by atoms with Crippen molar-refractivity contribution < 1.29 is 4.74 Å². The molecule has 5 nitrogen and oxygen atoms in total. The second-order valence-corrected chi connectivity index (χ2v) is 5.98. The topological polar surface area (TPSA) is 51.2 Å². The largest absolute Gasteiger partial charge is 0.497 e. The van der Waals surface area contributed by atoms with E-state index in [0.717, 1.165) is 33.9 Å². The molecule has 26 heavy (non-hydrogen) atoms. The number of fused-ring (bicyclic) bond motifs is 1. The van der Waals surface area contributed by atoms with E-state index in [-0.39, 0.29) is 0 Å². The third-order valence-electron chi connectivity index (χ3n) is 4.11. The number of rotatable bonds is 4. The van der Waals surface area contributed by atoms with E-state index in [0.29, 0.717) is 5.82 Å². The summed E-state index contributed by atoms with van der Waals surface area (Å²) in [6.07, 6.45) is 1.94. The maximum absolute atomic E-state index is 5.34. The Labute approximate surface area is 151 Å². The van der Waals surface area contributed by atoms with Crippen molar-refractivity contribution in [1.82, 2.24) is 9.38 Å². The molecule has 0 bridgehead atoms. The third-order valence-corrected chi connectivity index (χ3v) is 4.11. The van der Waals surface area contributed by atoms with Gasteiger partial charge in [0.05, 0.1) is 12.8 Å². The molecule has 4 aromatic rings. The number of pyridine rings is 1. The van der Waals surface area contributed by atoms with Gasteiger partial charge in [0.2, 0.25) is 0 Å². The number of hydrogen-bond donors (Lipinski definition) is 0. The van der Waals surface area contributed by atoms with E-state index in [9.17, 15) is 0 Å². The van der Waals surface area contributed by atoms with Crippen LogP contribution in [-0.2, 0) is 0 Å². The zero-order chi connectivity index (χ0) is 17.9. The molecule has 0 saturated carbocycles. The Morgan fingerprint density at radius 3 is 2.65 bits per heavy atom. The summed E-state index contributed by atoms with van der Waals surface area (Å²) in [5.41, 5.74) is 4.49. The van der Waals surface area contributed by atoms with E-state index < -0.39 is 0 Å². The zero-order valence-electron chi connectivity index (χ0n) is 14.6. The van der Waals surface area contributed by atoms with Crippen molar-refractivity contribution in [2.75, 3.05) is 7.11 Å². The number of aromatic nitrogens is 2. The summed E-state index contributed by atoms with van der Waals surface area (Å²) in [6.45, 7) is 2.04. The summed E-state index contributed by atoms with van der Waals surface area (Å²) in [5.74, 6) is 1.47. The van der Waals surface area contributed by atoms with Crippen LogP contribution in [0.5, 0.6) is 5.75 Å². The van der Waals surface area contributed by atoms with Crippen molar-refractivity contribution in [3.05, 3.63) is 78.5 Å². The van der Waals surface area contributed by atoms with E-state index in [4.69, 9.17) is 9.72 Å². The molecule has 5 heteroatoms. The molecular weight excluding hydrogens is 324 g/mol. The minimum Gasteiger partial charge on any atom is -0.497 e. The predicted molar refractivity (Wildman–Crippen MR) is 103 cm³/mol. The predicted octanol–water partition coefficient (Wildman–Crippen LogP) is 5.73. The van der Waals surface area contributed by atoms with Gasteiger partial charge in [0.25, 0.3) is 0 Å². The highest BCUT2D eigenvalue weighted by atomic mass is 16.5. The van der Waals surface area contributed by atoms with Crippen molar-refractivity contribution in [3.63, 3.8) is 0 Å². The molecule has 0 saturated heterocycles. The SMILES string of the molecule is COc1cccc(-c2nc3ccccn3c2N=Nc2cccc(C)c2)c1. The fourth-order valence-corrected chi connectivity index (χ4v) is 2.84. The summed E-state index contributed by atoms with van der Waals surface area (Å²) in [7, 11) is 1.65. The third kappa shape index (κ3) is 3.07. The van der Waals surface area contributed by atoms with Crippen LogP contribution >= 0.6 is 0 Å². The molecule has 2 heterocycles. The first-order chi connectivity index (χ1) is 12.7. The van der Waals surface area contributed by atoms with Gasteiger partial charge in [-0.1, -0.05) is 30.3 Å². The molecule has 0 aliphatic rings. The standard InChI is InChI=1S/C21H18N4O/c1-15-7-5-9-17(13-15)23-24-21-20(16-8-6-10-18(14-16)26-2)22-19-11-3-4-12-25(19)21/h3-14H,1-2H3. The van der Waals surface area contributed by atoms with Crippen LogP contribution < -0.4 is 4.74 Å². The van der Waals surface area contributed by atoms with Gasteiger partial charge < -0.3 is 4.74 Å². The quantitative estimate of drug-likeness (QED) is 0.444. The Kier molecular flexibility index (Phi) is 4.19. The monoisotopic (exact) mass is 342 g/mol. The molecule has 2 aromatic heterocycles. The lowest BCUT2D eigenvalue weighted by Crippen LogP contribution is -1.84. The van der Waals surface area contributed by atoms with Gasteiger partial charge >= 0.3 is 0 Å². The number of methoxy groups -OCH3 is 1. The van der Waals surface area contributed by atoms with Crippen LogP contribution in [0.4, 0.5) is 11.5 Å². The van der Waals surface area contributed by atoms with Crippen LogP contribution in [0.2, 0.25) is 0 Å². The highest BCUT2D eigenvalue weighted by molar-refractivity contribution is 5.75. The molecule has 4 rings (SSSR count). The van der Waals surface area contributed by atoms with Crippen molar-refractivity contribution in [2.45, 2.75) is 6.92 Å². The van der Waals surface area contributed by atoms with Crippen molar-refractivity contribution in [1.29, 1.82) is 0 Å². The van der Waals surface area contributed by atoms with Crippen LogP contribution in [0.25, 0.3) is 16.9 Å². The number of nitrogens with zero attached hydrogens (tertiary/aromatic N) is 4. The van der Waals surface area contributed by atoms with Gasteiger partial charge in [-0.2, -0.15) is 0 Å². The molecule has 0 amide bonds. The zero-order valence-corrected chi connectivity index (χ0v) is 14.6. The molecule has 0 atom stereocenters. The van der Waals surface area contributed by atoms with E-state index >= 15 is 0 Å². The Hall–Kier alpha value is -3.47. The molecule has 0 radical (unpaired) electrons. The maximum atomic E-state index is 5.34. The minimum absolute atomic E-state index is 0.690. The van der Waals surface area contributed by atoms with Crippen LogP contribution in [0.1, 0.15) is 5.56 Å². The fraction of sp³-hybridized carbons (Fsp3) is 0.0952. The normalized spacial score (nSPS) is 11.3. The molecule has 0 aliphatic heterocycles. The second kappa shape index (κ2) is 6.80. The lowest BCUT2D eigenvalue weighted by molar-refractivity contribution is 0.415. The first-order valence-corrected chi connectivity index (χ1v) is 8.34. The first kappa shape index (κ1) is 16.0. The number of hydrogen-bond acceptors (Lipinski definition) is 4. The molecule has 128 valence electrons. The van der Waals surface area contributed by atoms with Crippen LogP contribution in [0.3, 0.4) is 0 Å². The number of ether oxygens (including phenoxy) is 1. The van der Waals surface area contributed by atoms with Gasteiger partial charge in [0, 0.05) is 11.8 Å². The first-order valence-electron chi connectivity index (χ1n) is 8.34. The summed E-state index contributed by atoms with van der Waals surface area (Å²) in [6, 6.07) is 21.6. The van der Waals surface area contributed by atoms with Gasteiger partial charge in [0.1, 0.15) is 17.1 Å². The van der Waals surface area contributed by atoms with Crippen LogP contribution in [-0.4, -0.2) is 16.5 Å². The van der Waals surface area contributed by atoms with Crippen LogP contribution in [0, 0.1) is 6.92 Å². The number of azo groups is 1. The number of benzene rings is 2. The average molecular weight is 342 g/mol. The van der Waals surface area contributed by atoms with E-state index in [2.05, 4.69) is 10.2 Å². The Balaban J connectivity index is 1.86. The summed E-state index contributed by atoms with van der Waals surface area (Å²) in [5, 5.41) is 8.94. The molecular formula is C21H18N4O. The smallest absolute Gasteiger partial charge is 0.187 e. The van der Waals surface area contributed by atoms with E-state index in [1.165, 1.54) is 0 Å². The van der Waals surface area contributed by atoms with Gasteiger partial charge in [0.15, 0.2) is 5.82 Å². The molecule has 0 N–H and O–H groups in total. The lowest BCUT2D eigenvalue weighted by atomic mass is 10.1. The molecule has 2 aromatic carbocycles. The fourth-order valence-electron chi connectivity index (χ4n) is 2.84. The average Bonchev–Trinajstić information content (AvgIpc) is 3.05. The summed E-state index contributed by atoms with van der Waals surface area (Å²) < 4.78 is 7.28. The van der Waals surface area contributed by atoms with E-state index in [1.54, 1.807) is 7.11 Å². The molecule has 0 unspecified atom stereocenters. The lowest BCUT2D eigenvalue weighted by Gasteiger charge is -2.03. The van der Waals surface area contributed by atoms with Gasteiger partial charge in [-0.05, 0) is 48.9 Å².